The van der Waals surface area contributed by atoms with Gasteiger partial charge in [-0.3, -0.25) is 9.20 Å². The number of anilines is 1. The van der Waals surface area contributed by atoms with E-state index in [1.165, 1.54) is 33.3 Å². The fourth-order valence-corrected chi connectivity index (χ4v) is 3.72. The molecule has 0 aliphatic carbocycles. The highest BCUT2D eigenvalue weighted by Gasteiger charge is 2.31. The molecule has 31 heavy (non-hydrogen) atoms. The van der Waals surface area contributed by atoms with Crippen LogP contribution in [0.3, 0.4) is 0 Å². The third-order valence-electron chi connectivity index (χ3n) is 4.36. The monoisotopic (exact) mass is 444 g/mol. The van der Waals surface area contributed by atoms with Crippen LogP contribution in [0.5, 0.6) is 0 Å². The summed E-state index contributed by atoms with van der Waals surface area (Å²) in [4.78, 5) is 24.9. The van der Waals surface area contributed by atoms with Gasteiger partial charge in [-0.15, -0.1) is 5.10 Å². The Morgan fingerprint density at radius 2 is 1.81 bits per heavy atom. The number of thioether (sulfide) groups is 1. The smallest absolute Gasteiger partial charge is 0.322 e. The molecule has 0 aliphatic rings. The van der Waals surface area contributed by atoms with E-state index in [0.29, 0.717) is 16.9 Å². The molecule has 2 heterocycles. The molecule has 0 radical (unpaired) electrons. The van der Waals surface area contributed by atoms with Crippen LogP contribution in [0.25, 0.3) is 5.65 Å². The van der Waals surface area contributed by atoms with E-state index in [2.05, 4.69) is 10.4 Å². The van der Waals surface area contributed by atoms with Crippen LogP contribution in [-0.4, -0.2) is 25.6 Å². The van der Waals surface area contributed by atoms with Crippen molar-refractivity contribution in [3.8, 4) is 0 Å². The van der Waals surface area contributed by atoms with Crippen LogP contribution >= 0.6 is 11.8 Å². The largest absolute Gasteiger partial charge is 0.446 e. The number of pyridine rings is 1. The number of fused-ring (bicyclic) bond motifs is 1. The zero-order valence-electron chi connectivity index (χ0n) is 15.8. The number of nitrogens with one attached hydrogen (secondary N) is 1. The molecule has 0 aliphatic heterocycles. The Morgan fingerprint density at radius 3 is 2.58 bits per heavy atom. The number of hydrogen-bond acceptors (Lipinski definition) is 4. The minimum absolute atomic E-state index is 0.0770. The van der Waals surface area contributed by atoms with Gasteiger partial charge < -0.3 is 5.32 Å². The molecule has 10 heteroatoms. The Kier molecular flexibility index (Phi) is 5.55. The van der Waals surface area contributed by atoms with Gasteiger partial charge in [0, 0.05) is 16.8 Å². The minimum Gasteiger partial charge on any atom is -0.322 e. The van der Waals surface area contributed by atoms with Crippen LogP contribution in [0.4, 0.5) is 18.9 Å². The van der Waals surface area contributed by atoms with E-state index < -0.39 is 11.4 Å². The molecule has 1 amide bonds. The molecule has 1 N–H and O–H groups in total. The molecule has 0 unspecified atom stereocenters. The number of hydrogen-bond donors (Lipinski definition) is 1. The number of rotatable bonds is 5. The quantitative estimate of drug-likeness (QED) is 0.463. The Morgan fingerprint density at radius 1 is 1.03 bits per heavy atom. The van der Waals surface area contributed by atoms with Crippen molar-refractivity contribution >= 4 is 29.0 Å². The molecule has 4 rings (SSSR count). The predicted molar refractivity (Wildman–Crippen MR) is 111 cm³/mol. The van der Waals surface area contributed by atoms with E-state index in [1.807, 2.05) is 0 Å². The summed E-state index contributed by atoms with van der Waals surface area (Å²) in [5.41, 5.74) is -3.28. The molecule has 6 nitrogen and oxygen atoms in total. The van der Waals surface area contributed by atoms with Gasteiger partial charge in [-0.2, -0.15) is 13.2 Å². The SMILES string of the molecule is O=C(Nc1cccc(Cn2nc3ccccn3c2=O)c1)c1ccccc1SC(F)(F)F. The lowest BCUT2D eigenvalue weighted by Crippen LogP contribution is -2.21. The number of carbonyl (C=O) groups is 1. The minimum atomic E-state index is -4.50. The van der Waals surface area contributed by atoms with Crippen LogP contribution in [-0.2, 0) is 6.54 Å². The number of carbonyl (C=O) groups excluding carboxylic acids is 1. The first-order chi connectivity index (χ1) is 14.8. The zero-order chi connectivity index (χ0) is 22.0. The molecule has 0 spiro atoms. The molecule has 0 atom stereocenters. The second-order valence-corrected chi connectivity index (χ2v) is 7.67. The van der Waals surface area contributed by atoms with Crippen molar-refractivity contribution in [1.82, 2.24) is 14.2 Å². The summed E-state index contributed by atoms with van der Waals surface area (Å²) in [7, 11) is 0. The molecule has 0 bridgehead atoms. The van der Waals surface area contributed by atoms with Crippen molar-refractivity contribution in [2.75, 3.05) is 5.32 Å². The van der Waals surface area contributed by atoms with Gasteiger partial charge in [0.25, 0.3) is 5.91 Å². The first kappa shape index (κ1) is 20.7. The van der Waals surface area contributed by atoms with Gasteiger partial charge in [0.05, 0.1) is 12.1 Å². The topological polar surface area (TPSA) is 68.4 Å². The predicted octanol–water partition coefficient (Wildman–Crippen LogP) is 4.41. The average molecular weight is 444 g/mol. The van der Waals surface area contributed by atoms with Crippen molar-refractivity contribution in [3.05, 3.63) is 94.5 Å². The van der Waals surface area contributed by atoms with Crippen LogP contribution in [0.15, 0.2) is 82.6 Å². The highest BCUT2D eigenvalue weighted by molar-refractivity contribution is 8.00. The normalized spacial score (nSPS) is 11.6. The molecule has 0 saturated heterocycles. The maximum absolute atomic E-state index is 12.8. The summed E-state index contributed by atoms with van der Waals surface area (Å²) < 4.78 is 41.0. The third kappa shape index (κ3) is 4.80. The third-order valence-corrected chi connectivity index (χ3v) is 5.17. The number of alkyl halides is 3. The highest BCUT2D eigenvalue weighted by atomic mass is 32.2. The Labute approximate surface area is 178 Å². The van der Waals surface area contributed by atoms with Crippen LogP contribution in [0.1, 0.15) is 15.9 Å². The lowest BCUT2D eigenvalue weighted by Gasteiger charge is -2.12. The molecule has 158 valence electrons. The zero-order valence-corrected chi connectivity index (χ0v) is 16.7. The van der Waals surface area contributed by atoms with E-state index in [1.54, 1.807) is 48.7 Å². The number of benzene rings is 2. The van der Waals surface area contributed by atoms with Gasteiger partial charge in [0.1, 0.15) is 0 Å². The fraction of sp³-hybridized carbons (Fsp3) is 0.0952. The first-order valence-corrected chi connectivity index (χ1v) is 9.91. The van der Waals surface area contributed by atoms with Crippen molar-refractivity contribution in [2.45, 2.75) is 16.9 Å². The molecular weight excluding hydrogens is 429 g/mol. The second kappa shape index (κ2) is 8.31. The summed E-state index contributed by atoms with van der Waals surface area (Å²) in [5.74, 6) is -0.658. The van der Waals surface area contributed by atoms with Gasteiger partial charge in [-0.05, 0) is 53.7 Å². The van der Waals surface area contributed by atoms with Gasteiger partial charge >= 0.3 is 11.2 Å². The number of aromatic nitrogens is 3. The van der Waals surface area contributed by atoms with Gasteiger partial charge in [0.2, 0.25) is 0 Å². The molecule has 2 aromatic carbocycles. The van der Waals surface area contributed by atoms with Crippen molar-refractivity contribution in [1.29, 1.82) is 0 Å². The fourth-order valence-electron chi connectivity index (χ4n) is 3.06. The number of amides is 1. The van der Waals surface area contributed by atoms with Gasteiger partial charge in [-0.25, -0.2) is 9.48 Å². The summed E-state index contributed by atoms with van der Waals surface area (Å²) in [6.45, 7) is 0.171. The lowest BCUT2D eigenvalue weighted by molar-refractivity contribution is -0.0328. The maximum Gasteiger partial charge on any atom is 0.446 e. The second-order valence-electron chi connectivity index (χ2n) is 6.57. The van der Waals surface area contributed by atoms with Crippen LogP contribution in [0.2, 0.25) is 0 Å². The van der Waals surface area contributed by atoms with Crippen molar-refractivity contribution in [2.24, 2.45) is 0 Å². The van der Waals surface area contributed by atoms with E-state index in [9.17, 15) is 22.8 Å². The van der Waals surface area contributed by atoms with Crippen molar-refractivity contribution in [3.63, 3.8) is 0 Å². The Bertz CT molecular complexity index is 1310. The Hall–Kier alpha value is -3.53. The highest BCUT2D eigenvalue weighted by Crippen LogP contribution is 2.38. The van der Waals surface area contributed by atoms with Crippen LogP contribution < -0.4 is 11.0 Å². The molecule has 0 saturated carbocycles. The summed E-state index contributed by atoms with van der Waals surface area (Å²) >= 11 is -0.335. The van der Waals surface area contributed by atoms with Crippen molar-refractivity contribution < 1.29 is 18.0 Å². The lowest BCUT2D eigenvalue weighted by atomic mass is 10.1. The van der Waals surface area contributed by atoms with E-state index in [-0.39, 0.29) is 34.5 Å². The number of nitrogens with zero attached hydrogens (tertiary/aromatic N) is 3. The maximum atomic E-state index is 12.8. The average Bonchev–Trinajstić information content (AvgIpc) is 3.03. The number of halogens is 3. The summed E-state index contributed by atoms with van der Waals surface area (Å²) in [6, 6.07) is 17.5. The first-order valence-electron chi connectivity index (χ1n) is 9.09. The van der Waals surface area contributed by atoms with Gasteiger partial charge in [-0.1, -0.05) is 30.3 Å². The Balaban J connectivity index is 1.55. The van der Waals surface area contributed by atoms with Gasteiger partial charge in [0.15, 0.2) is 5.65 Å². The van der Waals surface area contributed by atoms with E-state index in [0.717, 1.165) is 0 Å². The molecule has 0 fully saturated rings. The van der Waals surface area contributed by atoms with E-state index in [4.69, 9.17) is 0 Å². The standard InChI is InChI=1S/C21H15F3N4O2S/c22-21(23,24)31-17-9-2-1-8-16(17)19(29)25-15-7-5-6-14(12-15)13-28-20(30)27-11-4-3-10-18(27)26-28/h1-12H,13H2,(H,25,29). The van der Waals surface area contributed by atoms with Crippen LogP contribution in [0, 0.1) is 0 Å². The molecule has 2 aromatic heterocycles. The summed E-state index contributed by atoms with van der Waals surface area (Å²) in [5, 5.41) is 6.88. The molecule has 4 aromatic rings. The molecular formula is C21H15F3N4O2S. The van der Waals surface area contributed by atoms with E-state index >= 15 is 0 Å². The summed E-state index contributed by atoms with van der Waals surface area (Å²) in [6.07, 6.45) is 1.62.